The van der Waals surface area contributed by atoms with Gasteiger partial charge in [-0.05, 0) is 48.4 Å². The number of likely N-dealkylation sites (N-methyl/N-ethyl adjacent to an activating group) is 1. The summed E-state index contributed by atoms with van der Waals surface area (Å²) in [7, 11) is 1.72. The van der Waals surface area contributed by atoms with Crippen molar-refractivity contribution in [2.75, 3.05) is 11.9 Å². The second-order valence-corrected chi connectivity index (χ2v) is 8.78. The molecule has 4 nitrogen and oxygen atoms in total. The van der Waals surface area contributed by atoms with Crippen LogP contribution in [0.3, 0.4) is 0 Å². The summed E-state index contributed by atoms with van der Waals surface area (Å²) in [6.45, 7) is 1.95. The number of hydrogen-bond donors (Lipinski definition) is 1. The van der Waals surface area contributed by atoms with E-state index in [0.29, 0.717) is 21.2 Å². The van der Waals surface area contributed by atoms with E-state index in [1.807, 2.05) is 61.5 Å². The van der Waals surface area contributed by atoms with Crippen molar-refractivity contribution in [2.24, 2.45) is 0 Å². The third kappa shape index (κ3) is 4.53. The molecule has 0 aliphatic carbocycles. The summed E-state index contributed by atoms with van der Waals surface area (Å²) in [6.07, 6.45) is 1.80. The van der Waals surface area contributed by atoms with E-state index in [4.69, 9.17) is 11.6 Å². The van der Waals surface area contributed by atoms with E-state index in [1.165, 1.54) is 11.8 Å². The molecule has 1 aliphatic rings. The Morgan fingerprint density at radius 2 is 1.77 bits per heavy atom. The van der Waals surface area contributed by atoms with Crippen molar-refractivity contribution in [3.63, 3.8) is 0 Å². The Kier molecular flexibility index (Phi) is 6.16. The molecule has 31 heavy (non-hydrogen) atoms. The molecule has 1 heterocycles. The van der Waals surface area contributed by atoms with E-state index in [-0.39, 0.29) is 17.9 Å². The number of benzene rings is 3. The summed E-state index contributed by atoms with van der Waals surface area (Å²) in [5.41, 5.74) is 3.06. The van der Waals surface area contributed by atoms with Crippen LogP contribution < -0.4 is 10.2 Å². The fourth-order valence-electron chi connectivity index (χ4n) is 3.37. The number of carbonyl (C=O) groups excluding carboxylic acids is 2. The van der Waals surface area contributed by atoms with Crippen LogP contribution in [0.15, 0.2) is 82.6 Å². The maximum Gasteiger partial charge on any atom is 0.264 e. The Morgan fingerprint density at radius 1 is 1.06 bits per heavy atom. The van der Waals surface area contributed by atoms with Crippen molar-refractivity contribution in [3.05, 3.63) is 99.4 Å². The smallest absolute Gasteiger partial charge is 0.264 e. The molecular weight excluding hydrogens is 428 g/mol. The molecule has 0 fully saturated rings. The fourth-order valence-corrected chi connectivity index (χ4v) is 4.65. The number of amides is 2. The number of nitrogens with zero attached hydrogens (tertiary/aromatic N) is 1. The Hall–Kier alpha value is -3.02. The first-order chi connectivity index (χ1) is 14.9. The number of hydrogen-bond acceptors (Lipinski definition) is 3. The van der Waals surface area contributed by atoms with Gasteiger partial charge >= 0.3 is 0 Å². The normalized spacial score (nSPS) is 15.5. The number of halogens is 1. The molecule has 2 amide bonds. The molecule has 0 spiro atoms. The number of fused-ring (bicyclic) bond motifs is 1. The monoisotopic (exact) mass is 448 g/mol. The maximum absolute atomic E-state index is 12.9. The van der Waals surface area contributed by atoms with Gasteiger partial charge in [0, 0.05) is 22.5 Å². The van der Waals surface area contributed by atoms with E-state index in [9.17, 15) is 9.59 Å². The Bertz CT molecular complexity index is 1180. The first-order valence-corrected chi connectivity index (χ1v) is 11.1. The Balaban J connectivity index is 1.57. The highest BCUT2D eigenvalue weighted by molar-refractivity contribution is 8.04. The summed E-state index contributed by atoms with van der Waals surface area (Å²) < 4.78 is 0. The topological polar surface area (TPSA) is 49.4 Å². The Labute approximate surface area is 190 Å². The molecule has 0 unspecified atom stereocenters. The van der Waals surface area contributed by atoms with Crippen LogP contribution in [0.5, 0.6) is 0 Å². The molecule has 0 radical (unpaired) electrons. The molecule has 0 bridgehead atoms. The summed E-state index contributed by atoms with van der Waals surface area (Å²) in [4.78, 5) is 28.8. The average Bonchev–Trinajstić information content (AvgIpc) is 2.79. The maximum atomic E-state index is 12.9. The molecule has 0 aromatic heterocycles. The molecule has 0 saturated carbocycles. The molecule has 1 N–H and O–H groups in total. The average molecular weight is 449 g/mol. The number of anilines is 1. The fraction of sp³-hybridized carbons (Fsp3) is 0.120. The van der Waals surface area contributed by atoms with Gasteiger partial charge in [0.2, 0.25) is 0 Å². The molecule has 4 rings (SSSR count). The minimum atomic E-state index is -0.178. The van der Waals surface area contributed by atoms with E-state index in [2.05, 4.69) is 5.32 Å². The van der Waals surface area contributed by atoms with Crippen molar-refractivity contribution >= 4 is 46.9 Å². The zero-order valence-electron chi connectivity index (χ0n) is 17.1. The van der Waals surface area contributed by atoms with Gasteiger partial charge in [-0.15, -0.1) is 0 Å². The van der Waals surface area contributed by atoms with Crippen LogP contribution in [-0.2, 0) is 4.79 Å². The standard InChI is InChI=1S/C25H21ClN2O2S/c1-16(17-8-4-3-5-9-17)27-24(29)19-12-13-22-21(14-19)28(2)25(30)23(31-22)15-18-10-6-7-11-20(18)26/h3-16H,1-2H3,(H,27,29)/b23-15-/t16-/m1/s1. The van der Waals surface area contributed by atoms with Crippen molar-refractivity contribution in [3.8, 4) is 0 Å². The van der Waals surface area contributed by atoms with Crippen molar-refractivity contribution in [1.29, 1.82) is 0 Å². The van der Waals surface area contributed by atoms with Crippen molar-refractivity contribution in [2.45, 2.75) is 17.9 Å². The summed E-state index contributed by atoms with van der Waals surface area (Å²) in [5, 5.41) is 3.61. The van der Waals surface area contributed by atoms with Crippen LogP contribution >= 0.6 is 23.4 Å². The van der Waals surface area contributed by atoms with Gasteiger partial charge in [-0.25, -0.2) is 0 Å². The highest BCUT2D eigenvalue weighted by Crippen LogP contribution is 2.42. The number of rotatable bonds is 4. The minimum absolute atomic E-state index is 0.122. The van der Waals surface area contributed by atoms with Gasteiger partial charge < -0.3 is 10.2 Å². The van der Waals surface area contributed by atoms with Crippen LogP contribution in [0, 0.1) is 0 Å². The van der Waals surface area contributed by atoms with Gasteiger partial charge in [-0.3, -0.25) is 9.59 Å². The molecule has 6 heteroatoms. The number of nitrogens with one attached hydrogen (secondary N) is 1. The number of carbonyl (C=O) groups is 2. The highest BCUT2D eigenvalue weighted by Gasteiger charge is 2.27. The lowest BCUT2D eigenvalue weighted by Crippen LogP contribution is -2.31. The lowest BCUT2D eigenvalue weighted by Gasteiger charge is -2.27. The summed E-state index contributed by atoms with van der Waals surface area (Å²) >= 11 is 7.63. The molecule has 1 atom stereocenters. The van der Waals surface area contributed by atoms with Gasteiger partial charge in [0.05, 0.1) is 16.6 Å². The molecular formula is C25H21ClN2O2S. The lowest BCUT2D eigenvalue weighted by molar-refractivity contribution is -0.114. The predicted molar refractivity (Wildman–Crippen MR) is 127 cm³/mol. The SMILES string of the molecule is C[C@@H](NC(=O)c1ccc2c(c1)N(C)C(=O)/C(=C/c1ccccc1Cl)S2)c1ccccc1. The molecule has 156 valence electrons. The first-order valence-electron chi connectivity index (χ1n) is 9.86. The zero-order chi connectivity index (χ0) is 22.0. The van der Waals surface area contributed by atoms with Gasteiger partial charge in [0.25, 0.3) is 11.8 Å². The number of thioether (sulfide) groups is 1. The largest absolute Gasteiger partial charge is 0.346 e. The van der Waals surface area contributed by atoms with Crippen LogP contribution in [0.1, 0.15) is 34.5 Å². The molecule has 3 aromatic carbocycles. The zero-order valence-corrected chi connectivity index (χ0v) is 18.7. The quantitative estimate of drug-likeness (QED) is 0.502. The predicted octanol–water partition coefficient (Wildman–Crippen LogP) is 5.94. The summed E-state index contributed by atoms with van der Waals surface area (Å²) in [6, 6.07) is 22.5. The summed E-state index contributed by atoms with van der Waals surface area (Å²) in [5.74, 6) is -0.310. The lowest BCUT2D eigenvalue weighted by atomic mass is 10.1. The van der Waals surface area contributed by atoms with Gasteiger partial charge in [-0.1, -0.05) is 71.9 Å². The molecule has 0 saturated heterocycles. The van der Waals surface area contributed by atoms with Crippen LogP contribution in [0.25, 0.3) is 6.08 Å². The minimum Gasteiger partial charge on any atom is -0.346 e. The second kappa shape index (κ2) is 9.00. The van der Waals surface area contributed by atoms with Crippen molar-refractivity contribution < 1.29 is 9.59 Å². The molecule has 3 aromatic rings. The third-order valence-electron chi connectivity index (χ3n) is 5.16. The van der Waals surface area contributed by atoms with E-state index in [1.54, 1.807) is 36.2 Å². The molecule has 1 aliphatic heterocycles. The van der Waals surface area contributed by atoms with E-state index < -0.39 is 0 Å². The van der Waals surface area contributed by atoms with Gasteiger partial charge in [-0.2, -0.15) is 0 Å². The van der Waals surface area contributed by atoms with Crippen LogP contribution in [0.4, 0.5) is 5.69 Å². The Morgan fingerprint density at radius 3 is 2.52 bits per heavy atom. The van der Waals surface area contributed by atoms with Gasteiger partial charge in [0.15, 0.2) is 0 Å². The highest BCUT2D eigenvalue weighted by atomic mass is 35.5. The van der Waals surface area contributed by atoms with Gasteiger partial charge in [0.1, 0.15) is 0 Å². The second-order valence-electron chi connectivity index (χ2n) is 7.28. The first kappa shape index (κ1) is 21.2. The van der Waals surface area contributed by atoms with E-state index in [0.717, 1.165) is 16.0 Å². The van der Waals surface area contributed by atoms with Crippen molar-refractivity contribution in [1.82, 2.24) is 5.32 Å². The third-order valence-corrected chi connectivity index (χ3v) is 6.58. The van der Waals surface area contributed by atoms with Crippen LogP contribution in [-0.4, -0.2) is 18.9 Å². The van der Waals surface area contributed by atoms with E-state index >= 15 is 0 Å². The van der Waals surface area contributed by atoms with Crippen LogP contribution in [0.2, 0.25) is 5.02 Å².